The van der Waals surface area contributed by atoms with Gasteiger partial charge in [-0.1, -0.05) is 48.5 Å². The molecule has 1 aliphatic heterocycles. The molecule has 100 valence electrons. The highest BCUT2D eigenvalue weighted by Gasteiger charge is 2.23. The number of nitrogens with zero attached hydrogens (tertiary/aromatic N) is 1. The summed E-state index contributed by atoms with van der Waals surface area (Å²) in [6.45, 7) is 1.96. The monoisotopic (exact) mass is 265 g/mol. The molecule has 1 amide bonds. The lowest BCUT2D eigenvalue weighted by Crippen LogP contribution is -2.33. The van der Waals surface area contributed by atoms with Gasteiger partial charge in [-0.25, -0.2) is 0 Å². The molecule has 4 nitrogen and oxygen atoms in total. The van der Waals surface area contributed by atoms with Crippen LogP contribution in [0.1, 0.15) is 16.7 Å². The van der Waals surface area contributed by atoms with Crippen molar-refractivity contribution in [1.29, 1.82) is 0 Å². The van der Waals surface area contributed by atoms with E-state index in [1.54, 1.807) is 0 Å². The van der Waals surface area contributed by atoms with Crippen molar-refractivity contribution in [3.05, 3.63) is 65.2 Å². The molecule has 0 aromatic heterocycles. The molecule has 20 heavy (non-hydrogen) atoms. The number of benzene rings is 2. The van der Waals surface area contributed by atoms with Crippen LogP contribution in [0.4, 0.5) is 5.69 Å². The van der Waals surface area contributed by atoms with E-state index >= 15 is 0 Å². The molecule has 0 saturated carbocycles. The van der Waals surface area contributed by atoms with Gasteiger partial charge in [0.2, 0.25) is 0 Å². The average Bonchev–Trinajstić information content (AvgIpc) is 2.59. The van der Waals surface area contributed by atoms with Crippen molar-refractivity contribution in [3.63, 3.8) is 0 Å². The van der Waals surface area contributed by atoms with E-state index in [0.717, 1.165) is 28.1 Å². The number of aryl methyl sites for hydroxylation is 1. The molecule has 1 aliphatic rings. The second kappa shape index (κ2) is 4.90. The van der Waals surface area contributed by atoms with Crippen molar-refractivity contribution < 1.29 is 4.79 Å². The first-order valence-corrected chi connectivity index (χ1v) is 6.46. The molecule has 1 heterocycles. The number of amides is 1. The van der Waals surface area contributed by atoms with Gasteiger partial charge >= 0.3 is 0 Å². The molecule has 4 heteroatoms. The van der Waals surface area contributed by atoms with E-state index in [2.05, 4.69) is 10.3 Å². The van der Waals surface area contributed by atoms with Gasteiger partial charge in [0.05, 0.1) is 11.4 Å². The number of rotatable bonds is 1. The Balaban J connectivity index is 2.25. The van der Waals surface area contributed by atoms with Crippen molar-refractivity contribution in [2.45, 2.75) is 13.1 Å². The van der Waals surface area contributed by atoms with E-state index in [9.17, 15) is 4.79 Å². The van der Waals surface area contributed by atoms with Gasteiger partial charge in [-0.2, -0.15) is 0 Å². The van der Waals surface area contributed by atoms with Crippen molar-refractivity contribution in [2.75, 3.05) is 5.32 Å². The second-order valence-electron chi connectivity index (χ2n) is 4.78. The first-order valence-electron chi connectivity index (χ1n) is 6.46. The molecule has 3 N–H and O–H groups in total. The Bertz CT molecular complexity index is 692. The van der Waals surface area contributed by atoms with Crippen LogP contribution in [0.5, 0.6) is 0 Å². The third-order valence-electron chi connectivity index (χ3n) is 3.36. The summed E-state index contributed by atoms with van der Waals surface area (Å²) in [6, 6.07) is 15.6. The summed E-state index contributed by atoms with van der Waals surface area (Å²) < 4.78 is 0. The highest BCUT2D eigenvalue weighted by atomic mass is 16.2. The van der Waals surface area contributed by atoms with Crippen molar-refractivity contribution in [2.24, 2.45) is 10.7 Å². The molecule has 1 atom stereocenters. The predicted molar refractivity (Wildman–Crippen MR) is 79.9 cm³/mol. The zero-order valence-corrected chi connectivity index (χ0v) is 11.1. The number of para-hydroxylation sites is 1. The first kappa shape index (κ1) is 12.6. The Kier molecular flexibility index (Phi) is 3.08. The van der Waals surface area contributed by atoms with Gasteiger partial charge in [-0.3, -0.25) is 9.79 Å². The lowest BCUT2D eigenvalue weighted by atomic mass is 9.98. The summed E-state index contributed by atoms with van der Waals surface area (Å²) in [6.07, 6.45) is -0.892. The number of carbonyl (C=O) groups excluding carboxylic acids is 1. The zero-order chi connectivity index (χ0) is 14.1. The minimum absolute atomic E-state index is 0.286. The van der Waals surface area contributed by atoms with Gasteiger partial charge in [0.15, 0.2) is 6.17 Å². The topological polar surface area (TPSA) is 67.5 Å². The first-order chi connectivity index (χ1) is 9.66. The molecular weight excluding hydrogens is 250 g/mol. The van der Waals surface area contributed by atoms with Crippen molar-refractivity contribution in [1.82, 2.24) is 0 Å². The standard InChI is InChI=1S/C16H15N3O/c1-10-6-5-9-12-13(10)19-16(20)15(17)18-14(12)11-7-3-2-4-8-11/h2-9,15H,17H2,1H3,(H,19,20). The number of fused-ring (bicyclic) bond motifs is 1. The summed E-state index contributed by atoms with van der Waals surface area (Å²) in [5, 5.41) is 2.86. The fourth-order valence-corrected chi connectivity index (χ4v) is 2.32. The van der Waals surface area contributed by atoms with Gasteiger partial charge in [0, 0.05) is 11.1 Å². The average molecular weight is 265 g/mol. The van der Waals surface area contributed by atoms with Crippen molar-refractivity contribution in [3.8, 4) is 0 Å². The molecule has 0 saturated heterocycles. The number of anilines is 1. The van der Waals surface area contributed by atoms with Crippen LogP contribution in [-0.4, -0.2) is 17.8 Å². The molecular formula is C16H15N3O. The van der Waals surface area contributed by atoms with Gasteiger partial charge in [0.25, 0.3) is 5.91 Å². The maximum Gasteiger partial charge on any atom is 0.263 e. The van der Waals surface area contributed by atoms with Crippen molar-refractivity contribution >= 4 is 17.3 Å². The smallest absolute Gasteiger partial charge is 0.263 e. The quantitative estimate of drug-likeness (QED) is 0.828. The second-order valence-corrected chi connectivity index (χ2v) is 4.78. The maximum atomic E-state index is 12.0. The van der Waals surface area contributed by atoms with Gasteiger partial charge in [0.1, 0.15) is 0 Å². The van der Waals surface area contributed by atoms with Crippen LogP contribution >= 0.6 is 0 Å². The van der Waals surface area contributed by atoms with E-state index in [1.165, 1.54) is 0 Å². The van der Waals surface area contributed by atoms with Crippen LogP contribution in [0.25, 0.3) is 0 Å². The molecule has 1 unspecified atom stereocenters. The number of hydrogen-bond donors (Lipinski definition) is 2. The van der Waals surface area contributed by atoms with Crippen LogP contribution in [0.15, 0.2) is 53.5 Å². The highest BCUT2D eigenvalue weighted by molar-refractivity contribution is 6.19. The normalized spacial score (nSPS) is 17.8. The lowest BCUT2D eigenvalue weighted by molar-refractivity contribution is -0.117. The molecule has 2 aromatic carbocycles. The third kappa shape index (κ3) is 2.10. The molecule has 0 spiro atoms. The Hall–Kier alpha value is -2.46. The number of benzodiazepines with no additional fused rings is 1. The fourth-order valence-electron chi connectivity index (χ4n) is 2.32. The van der Waals surface area contributed by atoms with E-state index < -0.39 is 6.17 Å². The summed E-state index contributed by atoms with van der Waals surface area (Å²) in [5.74, 6) is -0.286. The highest BCUT2D eigenvalue weighted by Crippen LogP contribution is 2.26. The third-order valence-corrected chi connectivity index (χ3v) is 3.36. The Morgan fingerprint density at radius 3 is 2.60 bits per heavy atom. The Morgan fingerprint density at radius 1 is 1.10 bits per heavy atom. The summed E-state index contributed by atoms with van der Waals surface area (Å²) in [5.41, 5.74) is 10.2. The summed E-state index contributed by atoms with van der Waals surface area (Å²) >= 11 is 0. The molecule has 0 bridgehead atoms. The van der Waals surface area contributed by atoms with Crippen LogP contribution in [0.2, 0.25) is 0 Å². The van der Waals surface area contributed by atoms with Crippen LogP contribution < -0.4 is 11.1 Å². The minimum Gasteiger partial charge on any atom is -0.322 e. The van der Waals surface area contributed by atoms with Crippen LogP contribution in [-0.2, 0) is 4.79 Å². The summed E-state index contributed by atoms with van der Waals surface area (Å²) in [4.78, 5) is 16.4. The lowest BCUT2D eigenvalue weighted by Gasteiger charge is -2.12. The number of aliphatic imine (C=N–C) groups is 1. The van der Waals surface area contributed by atoms with E-state index in [1.807, 2.05) is 55.5 Å². The maximum absolute atomic E-state index is 12.0. The fraction of sp³-hybridized carbons (Fsp3) is 0.125. The number of nitrogens with two attached hydrogens (primary N) is 1. The van der Waals surface area contributed by atoms with E-state index in [4.69, 9.17) is 5.73 Å². The largest absolute Gasteiger partial charge is 0.322 e. The Morgan fingerprint density at radius 2 is 1.85 bits per heavy atom. The molecule has 0 fully saturated rings. The van der Waals surface area contributed by atoms with Crippen LogP contribution in [0, 0.1) is 6.92 Å². The van der Waals surface area contributed by atoms with Gasteiger partial charge in [-0.15, -0.1) is 0 Å². The van der Waals surface area contributed by atoms with E-state index in [-0.39, 0.29) is 5.91 Å². The minimum atomic E-state index is -0.892. The Labute approximate surface area is 117 Å². The molecule has 3 rings (SSSR count). The predicted octanol–water partition coefficient (Wildman–Crippen LogP) is 2.07. The molecule has 0 aliphatic carbocycles. The van der Waals surface area contributed by atoms with E-state index in [0.29, 0.717) is 0 Å². The zero-order valence-electron chi connectivity index (χ0n) is 11.1. The molecule has 2 aromatic rings. The summed E-state index contributed by atoms with van der Waals surface area (Å²) in [7, 11) is 0. The molecule has 0 radical (unpaired) electrons. The van der Waals surface area contributed by atoms with Crippen LogP contribution in [0.3, 0.4) is 0 Å². The number of hydrogen-bond acceptors (Lipinski definition) is 3. The number of nitrogens with one attached hydrogen (secondary N) is 1. The SMILES string of the molecule is Cc1cccc2c1NC(=O)C(N)N=C2c1ccccc1. The van der Waals surface area contributed by atoms with Gasteiger partial charge < -0.3 is 11.1 Å². The number of carbonyl (C=O) groups is 1. The van der Waals surface area contributed by atoms with Gasteiger partial charge in [-0.05, 0) is 12.5 Å².